The highest BCUT2D eigenvalue weighted by atomic mass is 32.2. The molecule has 0 saturated carbocycles. The second-order valence-electron chi connectivity index (χ2n) is 5.92. The number of aryl methyl sites for hydroxylation is 2. The molecule has 1 N–H and O–H groups in total. The van der Waals surface area contributed by atoms with E-state index < -0.39 is 9.84 Å². The van der Waals surface area contributed by atoms with Gasteiger partial charge in [-0.2, -0.15) is 0 Å². The molecule has 0 atom stereocenters. The van der Waals surface area contributed by atoms with Crippen LogP contribution in [0.1, 0.15) is 42.4 Å². The highest BCUT2D eigenvalue weighted by Crippen LogP contribution is 2.30. The minimum absolute atomic E-state index is 0.0535. The van der Waals surface area contributed by atoms with Crippen molar-refractivity contribution in [2.24, 2.45) is 7.05 Å². The molecule has 22 heavy (non-hydrogen) atoms. The van der Waals surface area contributed by atoms with Crippen molar-refractivity contribution in [1.29, 1.82) is 0 Å². The van der Waals surface area contributed by atoms with Crippen molar-refractivity contribution in [3.8, 4) is 0 Å². The molecule has 6 heteroatoms. The average molecular weight is 322 g/mol. The lowest BCUT2D eigenvalue weighted by Crippen LogP contribution is -2.12. The van der Waals surface area contributed by atoms with E-state index in [1.165, 1.54) is 4.57 Å². The van der Waals surface area contributed by atoms with E-state index in [0.29, 0.717) is 11.5 Å². The Morgan fingerprint density at radius 1 is 1.18 bits per heavy atom. The lowest BCUT2D eigenvalue weighted by Gasteiger charge is -2.11. The van der Waals surface area contributed by atoms with Crippen LogP contribution in [-0.4, -0.2) is 23.1 Å². The summed E-state index contributed by atoms with van der Waals surface area (Å²) in [5.74, 6) is 0.300. The zero-order chi connectivity index (χ0) is 16.7. The van der Waals surface area contributed by atoms with Gasteiger partial charge in [0, 0.05) is 7.05 Å². The van der Waals surface area contributed by atoms with Crippen molar-refractivity contribution in [2.75, 3.05) is 0 Å². The molecule has 0 bridgehead atoms. The molecule has 0 aliphatic heterocycles. The molecular formula is C16H22N2O3S. The van der Waals surface area contributed by atoms with Gasteiger partial charge in [-0.3, -0.25) is 0 Å². The summed E-state index contributed by atoms with van der Waals surface area (Å²) in [6.07, 6.45) is 0. The maximum Gasteiger partial charge on any atom is 0.223 e. The molecule has 0 unspecified atom stereocenters. The van der Waals surface area contributed by atoms with Gasteiger partial charge < -0.3 is 9.67 Å². The fourth-order valence-electron chi connectivity index (χ4n) is 2.59. The van der Waals surface area contributed by atoms with Crippen LogP contribution < -0.4 is 0 Å². The first-order valence-corrected chi connectivity index (χ1v) is 8.66. The summed E-state index contributed by atoms with van der Waals surface area (Å²) in [5.41, 5.74) is 2.29. The molecule has 0 amide bonds. The number of nitrogens with zero attached hydrogens (tertiary/aromatic N) is 2. The molecule has 2 rings (SSSR count). The van der Waals surface area contributed by atoms with Crippen LogP contribution in [0.15, 0.2) is 28.1 Å². The van der Waals surface area contributed by atoms with Crippen molar-refractivity contribution in [3.05, 3.63) is 40.8 Å². The van der Waals surface area contributed by atoms with Crippen LogP contribution in [-0.2, 0) is 23.5 Å². The molecular weight excluding hydrogens is 300 g/mol. The van der Waals surface area contributed by atoms with Gasteiger partial charge in [0.1, 0.15) is 12.4 Å². The van der Waals surface area contributed by atoms with Crippen molar-refractivity contribution >= 4 is 9.84 Å². The van der Waals surface area contributed by atoms with Crippen molar-refractivity contribution < 1.29 is 13.5 Å². The summed E-state index contributed by atoms with van der Waals surface area (Å²) < 4.78 is 27.6. The standard InChI is InChI=1S/C16H22N2O3S/c1-10(2)15-16(18(5)14(9-19)17-15)22(20,21)13-7-11(3)6-12(4)8-13/h6-8,10,19H,9H2,1-5H3. The molecule has 0 spiro atoms. The topological polar surface area (TPSA) is 72.2 Å². The predicted molar refractivity (Wildman–Crippen MR) is 84.6 cm³/mol. The van der Waals surface area contributed by atoms with E-state index in [1.807, 2.05) is 33.8 Å². The van der Waals surface area contributed by atoms with Crippen LogP contribution in [0.5, 0.6) is 0 Å². The molecule has 0 radical (unpaired) electrons. The van der Waals surface area contributed by atoms with Gasteiger partial charge in [-0.05, 0) is 43.0 Å². The molecule has 0 aliphatic carbocycles. The molecule has 1 aromatic heterocycles. The van der Waals surface area contributed by atoms with Gasteiger partial charge in [0.05, 0.1) is 10.6 Å². The summed E-state index contributed by atoms with van der Waals surface area (Å²) in [6.45, 7) is 7.24. The van der Waals surface area contributed by atoms with E-state index in [9.17, 15) is 13.5 Å². The molecule has 0 fully saturated rings. The fraction of sp³-hybridized carbons (Fsp3) is 0.438. The number of imidazole rings is 1. The zero-order valence-corrected chi connectivity index (χ0v) is 14.4. The Kier molecular flexibility index (Phi) is 4.44. The third-order valence-corrected chi connectivity index (χ3v) is 5.46. The van der Waals surface area contributed by atoms with Gasteiger partial charge >= 0.3 is 0 Å². The first-order valence-electron chi connectivity index (χ1n) is 7.18. The first-order chi connectivity index (χ1) is 10.2. The van der Waals surface area contributed by atoms with Crippen molar-refractivity contribution in [3.63, 3.8) is 0 Å². The van der Waals surface area contributed by atoms with Gasteiger partial charge in [-0.1, -0.05) is 19.9 Å². The van der Waals surface area contributed by atoms with Gasteiger partial charge in [-0.25, -0.2) is 13.4 Å². The minimum atomic E-state index is -3.69. The number of aliphatic hydroxyl groups is 1. The summed E-state index contributed by atoms with van der Waals surface area (Å²) in [4.78, 5) is 4.56. The third kappa shape index (κ3) is 2.80. The second-order valence-corrected chi connectivity index (χ2v) is 7.78. The Bertz CT molecular complexity index is 785. The highest BCUT2D eigenvalue weighted by molar-refractivity contribution is 7.91. The van der Waals surface area contributed by atoms with E-state index in [0.717, 1.165) is 11.1 Å². The van der Waals surface area contributed by atoms with E-state index in [1.54, 1.807) is 19.2 Å². The largest absolute Gasteiger partial charge is 0.388 e. The number of sulfone groups is 1. The highest BCUT2D eigenvalue weighted by Gasteiger charge is 2.29. The number of hydrogen-bond donors (Lipinski definition) is 1. The van der Waals surface area contributed by atoms with Crippen LogP contribution in [0.2, 0.25) is 0 Å². The van der Waals surface area contributed by atoms with Gasteiger partial charge in [0.25, 0.3) is 0 Å². The lowest BCUT2D eigenvalue weighted by molar-refractivity contribution is 0.266. The molecule has 0 aliphatic rings. The predicted octanol–water partition coefficient (Wildman–Crippen LogP) is 2.49. The van der Waals surface area contributed by atoms with Gasteiger partial charge in [-0.15, -0.1) is 0 Å². The smallest absolute Gasteiger partial charge is 0.223 e. The molecule has 0 saturated heterocycles. The lowest BCUT2D eigenvalue weighted by atomic mass is 10.1. The normalized spacial score (nSPS) is 12.1. The summed E-state index contributed by atoms with van der Waals surface area (Å²) in [6, 6.07) is 5.26. The van der Waals surface area contributed by atoms with Crippen LogP contribution >= 0.6 is 0 Å². The average Bonchev–Trinajstić information content (AvgIpc) is 2.75. The van der Waals surface area contributed by atoms with E-state index >= 15 is 0 Å². The summed E-state index contributed by atoms with van der Waals surface area (Å²) in [7, 11) is -2.07. The van der Waals surface area contributed by atoms with Crippen LogP contribution in [0, 0.1) is 13.8 Å². The molecule has 1 aromatic carbocycles. The monoisotopic (exact) mass is 322 g/mol. The Morgan fingerprint density at radius 3 is 2.18 bits per heavy atom. The van der Waals surface area contributed by atoms with E-state index in [-0.39, 0.29) is 22.4 Å². The third-order valence-electron chi connectivity index (χ3n) is 3.61. The van der Waals surface area contributed by atoms with Crippen LogP contribution in [0.3, 0.4) is 0 Å². The van der Waals surface area contributed by atoms with Gasteiger partial charge in [0.15, 0.2) is 5.03 Å². The van der Waals surface area contributed by atoms with Crippen molar-refractivity contribution in [2.45, 2.75) is 50.1 Å². The Hall–Kier alpha value is -1.66. The Labute approximate surface area is 131 Å². The molecule has 120 valence electrons. The molecule has 1 heterocycles. The van der Waals surface area contributed by atoms with E-state index in [2.05, 4.69) is 4.98 Å². The summed E-state index contributed by atoms with van der Waals surface area (Å²) >= 11 is 0. The first kappa shape index (κ1) is 16.7. The van der Waals surface area contributed by atoms with Crippen LogP contribution in [0.4, 0.5) is 0 Å². The molecule has 2 aromatic rings. The number of aliphatic hydroxyl groups excluding tert-OH is 1. The maximum absolute atomic E-state index is 13.1. The number of hydrogen-bond acceptors (Lipinski definition) is 4. The Morgan fingerprint density at radius 2 is 1.73 bits per heavy atom. The molecule has 5 nitrogen and oxygen atoms in total. The quantitative estimate of drug-likeness (QED) is 0.938. The fourth-order valence-corrected chi connectivity index (χ4v) is 4.51. The maximum atomic E-state index is 13.1. The van der Waals surface area contributed by atoms with Crippen molar-refractivity contribution in [1.82, 2.24) is 9.55 Å². The van der Waals surface area contributed by atoms with Gasteiger partial charge in [0.2, 0.25) is 9.84 Å². The van der Waals surface area contributed by atoms with Crippen LogP contribution in [0.25, 0.3) is 0 Å². The number of rotatable bonds is 4. The minimum Gasteiger partial charge on any atom is -0.388 e. The zero-order valence-electron chi connectivity index (χ0n) is 13.6. The Balaban J connectivity index is 2.76. The second kappa shape index (κ2) is 5.85. The van der Waals surface area contributed by atoms with E-state index in [4.69, 9.17) is 0 Å². The number of aromatic nitrogens is 2. The number of benzene rings is 1. The summed E-state index contributed by atoms with van der Waals surface area (Å²) in [5, 5.41) is 9.55. The SMILES string of the molecule is Cc1cc(C)cc(S(=O)(=O)c2c(C(C)C)nc(CO)n2C)c1.